The van der Waals surface area contributed by atoms with E-state index in [1.165, 1.54) is 0 Å². The fourth-order valence-electron chi connectivity index (χ4n) is 0.852. The van der Waals surface area contributed by atoms with Crippen LogP contribution >= 0.6 is 0 Å². The average Bonchev–Trinajstić information content (AvgIpc) is 2.15. The van der Waals surface area contributed by atoms with Crippen molar-refractivity contribution >= 4 is 18.5 Å². The van der Waals surface area contributed by atoms with Crippen molar-refractivity contribution in [1.82, 2.24) is 0 Å². The van der Waals surface area contributed by atoms with Crippen LogP contribution in [0.5, 0.6) is 0 Å². The smallest absolute Gasteiger partial charge is 0.404 e. The first-order valence-electron chi connectivity index (χ1n) is 3.70. The van der Waals surface area contributed by atoms with E-state index in [4.69, 9.17) is 5.73 Å². The molecule has 2 N–H and O–H groups in total. The van der Waals surface area contributed by atoms with E-state index < -0.39 is 6.09 Å². The summed E-state index contributed by atoms with van der Waals surface area (Å²) in [6, 6.07) is 7.17. The van der Waals surface area contributed by atoms with Gasteiger partial charge < -0.3 is 10.5 Å². The molecule has 0 unspecified atom stereocenters. The van der Waals surface area contributed by atoms with Gasteiger partial charge in [0, 0.05) is 0 Å². The topological polar surface area (TPSA) is 64.7 Å². The molecule has 0 fully saturated rings. The largest absolute Gasteiger partial charge is 0.445 e. The molecule has 0 spiro atoms. The van der Waals surface area contributed by atoms with Gasteiger partial charge in [0.2, 0.25) is 0 Å². The van der Waals surface area contributed by atoms with Crippen molar-refractivity contribution in [3.8, 4) is 0 Å². The fourth-order valence-corrected chi connectivity index (χ4v) is 0.852. The molecule has 1 amide bonds. The Hall–Kier alpha value is -1.84. The van der Waals surface area contributed by atoms with Crippen LogP contribution < -0.4 is 5.73 Å². The molecule has 0 saturated carbocycles. The number of rotatable bonds is 3. The van der Waals surface area contributed by atoms with Crippen molar-refractivity contribution in [2.75, 3.05) is 0 Å². The summed E-state index contributed by atoms with van der Waals surface area (Å²) in [6.45, 7) is 3.57. The SMILES string of the molecule is C=Nc1ccc(COC(N)=O)cc1. The molecular formula is C9H10N2O2. The second-order valence-corrected chi connectivity index (χ2v) is 2.43. The van der Waals surface area contributed by atoms with Crippen molar-refractivity contribution < 1.29 is 9.53 Å². The van der Waals surface area contributed by atoms with Crippen LogP contribution in [0, 0.1) is 0 Å². The highest BCUT2D eigenvalue weighted by atomic mass is 16.5. The molecule has 1 aromatic carbocycles. The summed E-state index contributed by atoms with van der Waals surface area (Å²) in [5, 5.41) is 0. The maximum atomic E-state index is 10.3. The van der Waals surface area contributed by atoms with Crippen LogP contribution in [0.1, 0.15) is 5.56 Å². The molecular weight excluding hydrogens is 168 g/mol. The average molecular weight is 178 g/mol. The zero-order valence-corrected chi connectivity index (χ0v) is 7.06. The van der Waals surface area contributed by atoms with Crippen molar-refractivity contribution in [3.05, 3.63) is 29.8 Å². The quantitative estimate of drug-likeness (QED) is 0.714. The Balaban J connectivity index is 2.59. The lowest BCUT2D eigenvalue weighted by atomic mass is 10.2. The van der Waals surface area contributed by atoms with Gasteiger partial charge in [-0.15, -0.1) is 0 Å². The molecule has 0 atom stereocenters. The lowest BCUT2D eigenvalue weighted by Crippen LogP contribution is -2.12. The number of nitrogens with two attached hydrogens (primary N) is 1. The van der Waals surface area contributed by atoms with Crippen molar-refractivity contribution in [2.45, 2.75) is 6.61 Å². The number of hydrogen-bond acceptors (Lipinski definition) is 3. The number of benzene rings is 1. The Bertz CT molecular complexity index is 306. The van der Waals surface area contributed by atoms with Gasteiger partial charge in [-0.2, -0.15) is 0 Å². The van der Waals surface area contributed by atoms with Crippen LogP contribution in [-0.2, 0) is 11.3 Å². The second kappa shape index (κ2) is 4.25. The number of aliphatic imine (C=N–C) groups is 1. The third-order valence-corrected chi connectivity index (χ3v) is 1.50. The summed E-state index contributed by atoms with van der Waals surface area (Å²) in [4.78, 5) is 14.0. The van der Waals surface area contributed by atoms with Gasteiger partial charge in [0.25, 0.3) is 0 Å². The highest BCUT2D eigenvalue weighted by Gasteiger charge is 1.96. The van der Waals surface area contributed by atoms with Gasteiger partial charge in [-0.05, 0) is 24.4 Å². The molecule has 0 aliphatic carbocycles. The van der Waals surface area contributed by atoms with Gasteiger partial charge in [-0.3, -0.25) is 4.99 Å². The van der Waals surface area contributed by atoms with Gasteiger partial charge in [-0.1, -0.05) is 12.1 Å². The number of ether oxygens (including phenoxy) is 1. The van der Waals surface area contributed by atoms with E-state index in [2.05, 4.69) is 16.4 Å². The third-order valence-electron chi connectivity index (χ3n) is 1.50. The Labute approximate surface area is 76.0 Å². The molecule has 13 heavy (non-hydrogen) atoms. The van der Waals surface area contributed by atoms with Crippen molar-refractivity contribution in [1.29, 1.82) is 0 Å². The minimum Gasteiger partial charge on any atom is -0.445 e. The molecule has 68 valence electrons. The molecule has 0 radical (unpaired) electrons. The maximum absolute atomic E-state index is 10.3. The molecule has 0 aliphatic rings. The summed E-state index contributed by atoms with van der Waals surface area (Å²) in [7, 11) is 0. The molecule has 0 saturated heterocycles. The van der Waals surface area contributed by atoms with Gasteiger partial charge in [-0.25, -0.2) is 4.79 Å². The highest BCUT2D eigenvalue weighted by Crippen LogP contribution is 2.12. The van der Waals surface area contributed by atoms with E-state index in [0.29, 0.717) is 0 Å². The van der Waals surface area contributed by atoms with Crippen LogP contribution in [0.2, 0.25) is 0 Å². The van der Waals surface area contributed by atoms with Crippen LogP contribution in [0.25, 0.3) is 0 Å². The number of amides is 1. The summed E-state index contributed by atoms with van der Waals surface area (Å²) >= 11 is 0. The van der Waals surface area contributed by atoms with E-state index in [0.717, 1.165) is 11.3 Å². The number of nitrogens with zero attached hydrogens (tertiary/aromatic N) is 1. The minimum absolute atomic E-state index is 0.187. The van der Waals surface area contributed by atoms with E-state index in [-0.39, 0.29) is 6.61 Å². The molecule has 1 rings (SSSR count). The van der Waals surface area contributed by atoms with E-state index in [9.17, 15) is 4.79 Å². The normalized spacial score (nSPS) is 9.23. The van der Waals surface area contributed by atoms with Gasteiger partial charge in [0.1, 0.15) is 6.61 Å². The standard InChI is InChI=1S/C9H10N2O2/c1-11-8-4-2-7(3-5-8)6-13-9(10)12/h2-5H,1,6H2,(H2,10,12). The molecule has 1 aromatic rings. The Kier molecular flexibility index (Phi) is 3.03. The lowest BCUT2D eigenvalue weighted by Gasteiger charge is -2.01. The predicted octanol–water partition coefficient (Wildman–Crippen LogP) is 1.61. The van der Waals surface area contributed by atoms with Crippen LogP contribution in [0.4, 0.5) is 10.5 Å². The molecule has 0 aromatic heterocycles. The van der Waals surface area contributed by atoms with Gasteiger partial charge in [0.05, 0.1) is 5.69 Å². The maximum Gasteiger partial charge on any atom is 0.404 e. The molecule has 4 nitrogen and oxygen atoms in total. The zero-order chi connectivity index (χ0) is 9.68. The summed E-state index contributed by atoms with van der Waals surface area (Å²) < 4.78 is 4.59. The van der Waals surface area contributed by atoms with Gasteiger partial charge in [0.15, 0.2) is 0 Å². The first kappa shape index (κ1) is 9.25. The Morgan fingerprint density at radius 2 is 2.08 bits per heavy atom. The molecule has 0 heterocycles. The van der Waals surface area contributed by atoms with Crippen LogP contribution in [-0.4, -0.2) is 12.8 Å². The van der Waals surface area contributed by atoms with Crippen molar-refractivity contribution in [2.24, 2.45) is 10.7 Å². The summed E-state index contributed by atoms with van der Waals surface area (Å²) in [5.74, 6) is 0. The predicted molar refractivity (Wildman–Crippen MR) is 50.0 cm³/mol. The van der Waals surface area contributed by atoms with E-state index in [1.54, 1.807) is 24.3 Å². The summed E-state index contributed by atoms with van der Waals surface area (Å²) in [5.41, 5.74) is 6.45. The number of primary amides is 1. The fraction of sp³-hybridized carbons (Fsp3) is 0.111. The molecule has 4 heteroatoms. The van der Waals surface area contributed by atoms with Gasteiger partial charge >= 0.3 is 6.09 Å². The van der Waals surface area contributed by atoms with Crippen LogP contribution in [0.3, 0.4) is 0 Å². The van der Waals surface area contributed by atoms with E-state index >= 15 is 0 Å². The number of hydrogen-bond donors (Lipinski definition) is 1. The lowest BCUT2D eigenvalue weighted by molar-refractivity contribution is 0.150. The second-order valence-electron chi connectivity index (χ2n) is 2.43. The third kappa shape index (κ3) is 2.94. The minimum atomic E-state index is -0.772. The van der Waals surface area contributed by atoms with E-state index in [1.807, 2.05) is 0 Å². The number of carbonyl (C=O) groups is 1. The Morgan fingerprint density at radius 1 is 1.46 bits per heavy atom. The number of carbonyl (C=O) groups excluding carboxylic acids is 1. The first-order chi connectivity index (χ1) is 6.22. The summed E-state index contributed by atoms with van der Waals surface area (Å²) in [6.07, 6.45) is -0.772. The Morgan fingerprint density at radius 3 is 2.54 bits per heavy atom. The highest BCUT2D eigenvalue weighted by molar-refractivity contribution is 5.64. The first-order valence-corrected chi connectivity index (χ1v) is 3.70. The molecule has 0 bridgehead atoms. The molecule has 0 aliphatic heterocycles. The van der Waals surface area contributed by atoms with Crippen molar-refractivity contribution in [3.63, 3.8) is 0 Å². The monoisotopic (exact) mass is 178 g/mol. The zero-order valence-electron chi connectivity index (χ0n) is 7.06. The van der Waals surface area contributed by atoms with Crippen LogP contribution in [0.15, 0.2) is 29.3 Å².